The van der Waals surface area contributed by atoms with E-state index in [4.69, 9.17) is 5.73 Å². The molecule has 1 atom stereocenters. The quantitative estimate of drug-likeness (QED) is 0.787. The summed E-state index contributed by atoms with van der Waals surface area (Å²) in [6, 6.07) is 10.2. The highest BCUT2D eigenvalue weighted by molar-refractivity contribution is 5.40. The van der Waals surface area contributed by atoms with E-state index in [-0.39, 0.29) is 5.54 Å². The molecule has 0 amide bonds. The van der Waals surface area contributed by atoms with Crippen LogP contribution < -0.4 is 5.73 Å². The Morgan fingerprint density at radius 2 is 2.06 bits per heavy atom. The SMILES string of the molecule is CC1(N)CCc2cnn(-c3ccccc3)c21. The molecule has 2 aromatic rings. The first kappa shape index (κ1) is 9.60. The lowest BCUT2D eigenvalue weighted by molar-refractivity contribution is 0.462. The summed E-state index contributed by atoms with van der Waals surface area (Å²) in [6.07, 6.45) is 3.99. The van der Waals surface area contributed by atoms with Crippen LogP contribution in [-0.2, 0) is 12.0 Å². The predicted octanol–water partition coefficient (Wildman–Crippen LogP) is 1.99. The summed E-state index contributed by atoms with van der Waals surface area (Å²) in [4.78, 5) is 0. The molecular formula is C13H15N3. The van der Waals surface area contributed by atoms with Gasteiger partial charge in [0, 0.05) is 0 Å². The van der Waals surface area contributed by atoms with E-state index < -0.39 is 0 Å². The van der Waals surface area contributed by atoms with Crippen molar-refractivity contribution in [3.8, 4) is 5.69 Å². The smallest absolute Gasteiger partial charge is 0.0670 e. The molecule has 0 saturated heterocycles. The van der Waals surface area contributed by atoms with Crippen LogP contribution in [-0.4, -0.2) is 9.78 Å². The number of para-hydroxylation sites is 1. The van der Waals surface area contributed by atoms with E-state index in [0.29, 0.717) is 0 Å². The van der Waals surface area contributed by atoms with Crippen molar-refractivity contribution in [3.63, 3.8) is 0 Å². The molecule has 0 radical (unpaired) electrons. The van der Waals surface area contributed by atoms with Gasteiger partial charge in [0.2, 0.25) is 0 Å². The van der Waals surface area contributed by atoms with Crippen LogP contribution in [0.3, 0.4) is 0 Å². The third-order valence-electron chi connectivity index (χ3n) is 3.30. The van der Waals surface area contributed by atoms with Gasteiger partial charge in [-0.3, -0.25) is 0 Å². The van der Waals surface area contributed by atoms with Crippen molar-refractivity contribution in [1.82, 2.24) is 9.78 Å². The lowest BCUT2D eigenvalue weighted by atomic mass is 10.0. The minimum Gasteiger partial charge on any atom is -0.320 e. The number of aromatic nitrogens is 2. The number of rotatable bonds is 1. The van der Waals surface area contributed by atoms with Crippen molar-refractivity contribution in [2.24, 2.45) is 5.73 Å². The van der Waals surface area contributed by atoms with Gasteiger partial charge in [-0.15, -0.1) is 0 Å². The average molecular weight is 213 g/mol. The molecule has 1 aliphatic carbocycles. The van der Waals surface area contributed by atoms with Crippen LogP contribution in [0.4, 0.5) is 0 Å². The molecular weight excluding hydrogens is 198 g/mol. The van der Waals surface area contributed by atoms with Crippen LogP contribution in [0, 0.1) is 0 Å². The molecule has 0 bridgehead atoms. The number of nitrogens with two attached hydrogens (primary N) is 1. The molecule has 1 heterocycles. The molecule has 3 heteroatoms. The van der Waals surface area contributed by atoms with Crippen LogP contribution in [0.25, 0.3) is 5.69 Å². The number of nitrogens with zero attached hydrogens (tertiary/aromatic N) is 2. The average Bonchev–Trinajstić information content (AvgIpc) is 2.82. The minimum absolute atomic E-state index is 0.248. The zero-order valence-corrected chi connectivity index (χ0v) is 9.35. The molecule has 1 unspecified atom stereocenters. The Morgan fingerprint density at radius 1 is 1.31 bits per heavy atom. The zero-order chi connectivity index (χ0) is 11.2. The lowest BCUT2D eigenvalue weighted by Gasteiger charge is -2.20. The molecule has 0 saturated carbocycles. The molecule has 3 rings (SSSR count). The van der Waals surface area contributed by atoms with E-state index in [1.165, 1.54) is 11.3 Å². The first-order valence-electron chi connectivity index (χ1n) is 5.60. The molecule has 1 aromatic heterocycles. The number of fused-ring (bicyclic) bond motifs is 1. The number of benzene rings is 1. The second kappa shape index (κ2) is 3.19. The standard InChI is InChI=1S/C13H15N3/c1-13(14)8-7-10-9-15-16(12(10)13)11-5-3-2-4-6-11/h2-6,9H,7-8,14H2,1H3. The Bertz CT molecular complexity index is 511. The molecule has 3 nitrogen and oxygen atoms in total. The summed E-state index contributed by atoms with van der Waals surface area (Å²) < 4.78 is 1.97. The van der Waals surface area contributed by atoms with E-state index in [2.05, 4.69) is 24.2 Å². The van der Waals surface area contributed by atoms with E-state index in [1.807, 2.05) is 29.1 Å². The Labute approximate surface area is 94.9 Å². The summed E-state index contributed by atoms with van der Waals surface area (Å²) in [5.41, 5.74) is 9.60. The Kier molecular flexibility index (Phi) is 1.91. The van der Waals surface area contributed by atoms with E-state index >= 15 is 0 Å². The number of hydrogen-bond acceptors (Lipinski definition) is 2. The number of hydrogen-bond donors (Lipinski definition) is 1. The third-order valence-corrected chi connectivity index (χ3v) is 3.30. The van der Waals surface area contributed by atoms with Gasteiger partial charge in [0.05, 0.1) is 23.1 Å². The van der Waals surface area contributed by atoms with Crippen LogP contribution in [0.15, 0.2) is 36.5 Å². The topological polar surface area (TPSA) is 43.8 Å². The van der Waals surface area contributed by atoms with Crippen LogP contribution in [0.1, 0.15) is 24.6 Å². The highest BCUT2D eigenvalue weighted by Gasteiger charge is 2.34. The summed E-state index contributed by atoms with van der Waals surface area (Å²) in [5, 5.41) is 4.44. The fourth-order valence-corrected chi connectivity index (χ4v) is 2.45. The van der Waals surface area contributed by atoms with Gasteiger partial charge in [0.15, 0.2) is 0 Å². The second-order valence-electron chi connectivity index (χ2n) is 4.68. The van der Waals surface area contributed by atoms with E-state index in [9.17, 15) is 0 Å². The molecule has 0 fully saturated rings. The summed E-state index contributed by atoms with van der Waals surface area (Å²) in [6.45, 7) is 2.08. The van der Waals surface area contributed by atoms with Crippen LogP contribution in [0.5, 0.6) is 0 Å². The van der Waals surface area contributed by atoms with Crippen molar-refractivity contribution in [2.45, 2.75) is 25.3 Å². The lowest BCUT2D eigenvalue weighted by Crippen LogP contribution is -2.32. The van der Waals surface area contributed by atoms with Gasteiger partial charge in [0.25, 0.3) is 0 Å². The van der Waals surface area contributed by atoms with Crippen LogP contribution >= 0.6 is 0 Å². The van der Waals surface area contributed by atoms with Gasteiger partial charge in [-0.25, -0.2) is 4.68 Å². The Hall–Kier alpha value is -1.61. The summed E-state index contributed by atoms with van der Waals surface area (Å²) >= 11 is 0. The zero-order valence-electron chi connectivity index (χ0n) is 9.35. The van der Waals surface area contributed by atoms with Crippen molar-refractivity contribution in [1.29, 1.82) is 0 Å². The van der Waals surface area contributed by atoms with Crippen molar-refractivity contribution < 1.29 is 0 Å². The Balaban J connectivity index is 2.18. The molecule has 82 valence electrons. The van der Waals surface area contributed by atoms with E-state index in [1.54, 1.807) is 0 Å². The first-order chi connectivity index (χ1) is 7.68. The number of aryl methyl sites for hydroxylation is 1. The third kappa shape index (κ3) is 1.28. The summed E-state index contributed by atoms with van der Waals surface area (Å²) in [5.74, 6) is 0. The van der Waals surface area contributed by atoms with Crippen molar-refractivity contribution in [3.05, 3.63) is 47.8 Å². The molecule has 0 spiro atoms. The predicted molar refractivity (Wildman–Crippen MR) is 63.4 cm³/mol. The van der Waals surface area contributed by atoms with Gasteiger partial charge >= 0.3 is 0 Å². The van der Waals surface area contributed by atoms with Gasteiger partial charge in [-0.1, -0.05) is 18.2 Å². The maximum absolute atomic E-state index is 6.31. The molecule has 0 aliphatic heterocycles. The van der Waals surface area contributed by atoms with Crippen molar-refractivity contribution in [2.75, 3.05) is 0 Å². The Morgan fingerprint density at radius 3 is 2.81 bits per heavy atom. The fourth-order valence-electron chi connectivity index (χ4n) is 2.45. The normalized spacial score (nSPS) is 23.4. The minimum atomic E-state index is -0.248. The molecule has 2 N–H and O–H groups in total. The van der Waals surface area contributed by atoms with Crippen molar-refractivity contribution >= 4 is 0 Å². The molecule has 1 aliphatic rings. The maximum atomic E-state index is 6.31. The fraction of sp³-hybridized carbons (Fsp3) is 0.308. The maximum Gasteiger partial charge on any atom is 0.0670 e. The second-order valence-corrected chi connectivity index (χ2v) is 4.68. The molecule has 16 heavy (non-hydrogen) atoms. The van der Waals surface area contributed by atoms with Gasteiger partial charge in [-0.05, 0) is 37.5 Å². The first-order valence-corrected chi connectivity index (χ1v) is 5.60. The van der Waals surface area contributed by atoms with Crippen LogP contribution in [0.2, 0.25) is 0 Å². The highest BCUT2D eigenvalue weighted by Crippen LogP contribution is 2.35. The largest absolute Gasteiger partial charge is 0.320 e. The highest BCUT2D eigenvalue weighted by atomic mass is 15.3. The molecule has 1 aromatic carbocycles. The van der Waals surface area contributed by atoms with Gasteiger partial charge in [-0.2, -0.15) is 5.10 Å². The van der Waals surface area contributed by atoms with Gasteiger partial charge in [0.1, 0.15) is 0 Å². The summed E-state index contributed by atoms with van der Waals surface area (Å²) in [7, 11) is 0. The monoisotopic (exact) mass is 213 g/mol. The van der Waals surface area contributed by atoms with Gasteiger partial charge < -0.3 is 5.73 Å². The van der Waals surface area contributed by atoms with E-state index in [0.717, 1.165) is 18.5 Å².